The van der Waals surface area contributed by atoms with Crippen LogP contribution in [0.5, 0.6) is 5.75 Å². The molecule has 2 aromatic carbocycles. The fourth-order valence-electron chi connectivity index (χ4n) is 6.46. The molecule has 7 heteroatoms. The molecule has 3 fully saturated rings. The number of ether oxygens (including phenoxy) is 3. The van der Waals surface area contributed by atoms with Crippen LogP contribution < -0.4 is 4.74 Å². The van der Waals surface area contributed by atoms with Crippen molar-refractivity contribution < 1.29 is 27.4 Å². The summed E-state index contributed by atoms with van der Waals surface area (Å²) < 4.78 is 61.8. The lowest BCUT2D eigenvalue weighted by Gasteiger charge is -2.41. The van der Waals surface area contributed by atoms with Gasteiger partial charge in [0.1, 0.15) is 11.6 Å². The van der Waals surface area contributed by atoms with E-state index in [0.717, 1.165) is 57.8 Å². The molecule has 2 aliphatic carbocycles. The molecule has 1 heterocycles. The van der Waals surface area contributed by atoms with Crippen LogP contribution in [0, 0.1) is 46.7 Å². The van der Waals surface area contributed by atoms with Gasteiger partial charge in [0, 0.05) is 23.5 Å². The fourth-order valence-corrected chi connectivity index (χ4v) is 6.46. The number of halogens is 3. The number of nitrogens with zero attached hydrogens (tertiary/aromatic N) is 1. The Morgan fingerprint density at radius 1 is 0.842 bits per heavy atom. The Morgan fingerprint density at radius 3 is 2.00 bits per heavy atom. The molecule has 0 unspecified atom stereocenters. The van der Waals surface area contributed by atoms with E-state index in [1.165, 1.54) is 12.1 Å². The van der Waals surface area contributed by atoms with Gasteiger partial charge in [0.2, 0.25) is 0 Å². The van der Waals surface area contributed by atoms with Crippen molar-refractivity contribution in [2.24, 2.45) is 29.6 Å². The van der Waals surface area contributed by atoms with Crippen LogP contribution in [0.1, 0.15) is 63.9 Å². The SMILES string of the molecule is CC1COC(C2CCC(C3CCC(C(F)(F)Oc4ccc(-c5ccc(C#N)cc5)c(F)c4)CC3)CC2)OC1. The highest BCUT2D eigenvalue weighted by molar-refractivity contribution is 5.65. The molecule has 0 atom stereocenters. The number of hydrogen-bond acceptors (Lipinski definition) is 4. The molecule has 204 valence electrons. The first-order valence-corrected chi connectivity index (χ1v) is 13.9. The highest BCUT2D eigenvalue weighted by atomic mass is 19.3. The summed E-state index contributed by atoms with van der Waals surface area (Å²) in [7, 11) is 0. The predicted octanol–water partition coefficient (Wildman–Crippen LogP) is 7.96. The van der Waals surface area contributed by atoms with Crippen molar-refractivity contribution in [1.82, 2.24) is 0 Å². The first kappa shape index (κ1) is 27.0. The minimum atomic E-state index is -3.35. The van der Waals surface area contributed by atoms with Crippen molar-refractivity contribution in [1.29, 1.82) is 5.26 Å². The van der Waals surface area contributed by atoms with E-state index in [9.17, 15) is 4.39 Å². The van der Waals surface area contributed by atoms with Gasteiger partial charge in [-0.2, -0.15) is 14.0 Å². The lowest BCUT2D eigenvalue weighted by molar-refractivity contribution is -0.229. The van der Waals surface area contributed by atoms with Crippen molar-refractivity contribution in [3.05, 3.63) is 53.8 Å². The van der Waals surface area contributed by atoms with E-state index in [-0.39, 0.29) is 17.6 Å². The second-order valence-corrected chi connectivity index (χ2v) is 11.4. The Labute approximate surface area is 223 Å². The van der Waals surface area contributed by atoms with E-state index >= 15 is 8.78 Å². The zero-order valence-electron chi connectivity index (χ0n) is 21.9. The average molecular weight is 528 g/mol. The van der Waals surface area contributed by atoms with Crippen molar-refractivity contribution in [3.63, 3.8) is 0 Å². The maximum Gasteiger partial charge on any atom is 0.400 e. The minimum absolute atomic E-state index is 0.0817. The molecule has 0 amide bonds. The number of hydrogen-bond donors (Lipinski definition) is 0. The topological polar surface area (TPSA) is 51.5 Å². The fraction of sp³-hybridized carbons (Fsp3) is 0.581. The molecular formula is C31H36F3NO3. The van der Waals surface area contributed by atoms with Gasteiger partial charge >= 0.3 is 6.11 Å². The molecular weight excluding hydrogens is 491 g/mol. The lowest BCUT2D eigenvalue weighted by Crippen LogP contribution is -2.40. The van der Waals surface area contributed by atoms with Gasteiger partial charge in [-0.05, 0) is 93.0 Å². The van der Waals surface area contributed by atoms with Gasteiger partial charge in [-0.3, -0.25) is 0 Å². The predicted molar refractivity (Wildman–Crippen MR) is 138 cm³/mol. The van der Waals surface area contributed by atoms with E-state index in [1.54, 1.807) is 24.3 Å². The normalized spacial score (nSPS) is 30.4. The quantitative estimate of drug-likeness (QED) is 0.382. The first-order valence-electron chi connectivity index (χ1n) is 13.9. The summed E-state index contributed by atoms with van der Waals surface area (Å²) in [6, 6.07) is 12.3. The van der Waals surface area contributed by atoms with Crippen molar-refractivity contribution >= 4 is 0 Å². The molecule has 0 N–H and O–H groups in total. The summed E-state index contributed by atoms with van der Waals surface area (Å²) in [6.45, 7) is 3.66. The van der Waals surface area contributed by atoms with Crippen LogP contribution >= 0.6 is 0 Å². The summed E-state index contributed by atoms with van der Waals surface area (Å²) in [5.41, 5.74) is 1.31. The maximum absolute atomic E-state index is 15.1. The standard InChI is InChI=1S/C31H36F3NO3/c1-20-18-36-30(37-19-20)25-8-6-22(7-9-25)23-10-12-26(13-11-23)31(33,34)38-27-14-15-28(29(32)16-27)24-4-2-21(17-35)3-5-24/h2-5,14-16,20,22-23,25-26,30H,6-13,18-19H2,1H3. The third-order valence-electron chi connectivity index (χ3n) is 8.72. The van der Waals surface area contributed by atoms with Gasteiger partial charge in [0.25, 0.3) is 0 Å². The zero-order valence-corrected chi connectivity index (χ0v) is 21.9. The van der Waals surface area contributed by atoms with Crippen LogP contribution in [-0.4, -0.2) is 25.6 Å². The molecule has 1 saturated heterocycles. The Morgan fingerprint density at radius 2 is 1.42 bits per heavy atom. The summed E-state index contributed by atoms with van der Waals surface area (Å²) in [6.07, 6.45) is 3.32. The summed E-state index contributed by atoms with van der Waals surface area (Å²) in [5.74, 6) is 0.257. The maximum atomic E-state index is 15.1. The van der Waals surface area contributed by atoms with E-state index in [4.69, 9.17) is 19.5 Å². The first-order chi connectivity index (χ1) is 18.3. The number of nitriles is 1. The smallest absolute Gasteiger partial charge is 0.400 e. The Kier molecular flexibility index (Phi) is 8.30. The Balaban J connectivity index is 1.11. The Hall–Kier alpha value is -2.56. The molecule has 0 aromatic heterocycles. The van der Waals surface area contributed by atoms with Crippen LogP contribution in [0.15, 0.2) is 42.5 Å². The van der Waals surface area contributed by atoms with Crippen LogP contribution in [-0.2, 0) is 9.47 Å². The summed E-state index contributed by atoms with van der Waals surface area (Å²) in [5, 5.41) is 8.93. The van der Waals surface area contributed by atoms with E-state index in [0.29, 0.717) is 47.6 Å². The molecule has 0 bridgehead atoms. The third-order valence-corrected chi connectivity index (χ3v) is 8.72. The molecule has 4 nitrogen and oxygen atoms in total. The van der Waals surface area contributed by atoms with Gasteiger partial charge < -0.3 is 14.2 Å². The number of benzene rings is 2. The van der Waals surface area contributed by atoms with Crippen molar-refractivity contribution in [3.8, 4) is 22.9 Å². The minimum Gasteiger partial charge on any atom is -0.432 e. The van der Waals surface area contributed by atoms with Crippen molar-refractivity contribution in [2.75, 3.05) is 13.2 Å². The summed E-state index contributed by atoms with van der Waals surface area (Å²) >= 11 is 0. The van der Waals surface area contributed by atoms with E-state index in [2.05, 4.69) is 6.92 Å². The zero-order chi connectivity index (χ0) is 26.7. The lowest BCUT2D eigenvalue weighted by atomic mass is 9.69. The second kappa shape index (κ2) is 11.7. The molecule has 5 rings (SSSR count). The van der Waals surface area contributed by atoms with Gasteiger partial charge in [0.05, 0.1) is 30.8 Å². The number of alkyl halides is 2. The highest BCUT2D eigenvalue weighted by Crippen LogP contribution is 2.46. The molecule has 38 heavy (non-hydrogen) atoms. The van der Waals surface area contributed by atoms with Crippen LogP contribution in [0.2, 0.25) is 0 Å². The van der Waals surface area contributed by atoms with E-state index < -0.39 is 17.8 Å². The molecule has 3 aliphatic rings. The molecule has 0 spiro atoms. The van der Waals surface area contributed by atoms with Gasteiger partial charge in [-0.25, -0.2) is 4.39 Å². The number of rotatable bonds is 6. The summed E-state index contributed by atoms with van der Waals surface area (Å²) in [4.78, 5) is 0. The molecule has 0 radical (unpaired) electrons. The van der Waals surface area contributed by atoms with Gasteiger partial charge in [-0.1, -0.05) is 19.1 Å². The van der Waals surface area contributed by atoms with Crippen molar-refractivity contribution in [2.45, 2.75) is 70.7 Å². The van der Waals surface area contributed by atoms with Crippen LogP contribution in [0.4, 0.5) is 13.2 Å². The average Bonchev–Trinajstić information content (AvgIpc) is 2.94. The molecule has 1 aliphatic heterocycles. The van der Waals surface area contributed by atoms with Crippen LogP contribution in [0.25, 0.3) is 11.1 Å². The molecule has 2 aromatic rings. The van der Waals surface area contributed by atoms with E-state index in [1.807, 2.05) is 6.07 Å². The van der Waals surface area contributed by atoms with Gasteiger partial charge in [0.15, 0.2) is 6.29 Å². The monoisotopic (exact) mass is 527 g/mol. The van der Waals surface area contributed by atoms with Gasteiger partial charge in [-0.15, -0.1) is 0 Å². The Bertz CT molecular complexity index is 1110. The van der Waals surface area contributed by atoms with Crippen LogP contribution in [0.3, 0.4) is 0 Å². The second-order valence-electron chi connectivity index (χ2n) is 11.4. The largest absolute Gasteiger partial charge is 0.432 e. The molecule has 2 saturated carbocycles. The third kappa shape index (κ3) is 6.18. The highest BCUT2D eigenvalue weighted by Gasteiger charge is 2.45.